The van der Waals surface area contributed by atoms with Crippen LogP contribution in [-0.2, 0) is 0 Å². The molecule has 0 atom stereocenters. The molecular formula is C11H12ClNO. The van der Waals surface area contributed by atoms with E-state index in [4.69, 9.17) is 16.3 Å². The van der Waals surface area contributed by atoms with Gasteiger partial charge in [-0.3, -0.25) is 0 Å². The number of hydrogen-bond donors (Lipinski definition) is 1. The van der Waals surface area contributed by atoms with Gasteiger partial charge in [0.15, 0.2) is 0 Å². The SMILES string of the molecule is Clc1cccc2c1NCC1(CC1)CO2. The number of nitrogens with one attached hydrogen (secondary N) is 1. The maximum absolute atomic E-state index is 6.09. The van der Waals surface area contributed by atoms with Crippen LogP contribution in [0.3, 0.4) is 0 Å². The maximum Gasteiger partial charge on any atom is 0.143 e. The van der Waals surface area contributed by atoms with E-state index in [0.717, 1.165) is 29.6 Å². The summed E-state index contributed by atoms with van der Waals surface area (Å²) in [5.74, 6) is 0.890. The lowest BCUT2D eigenvalue weighted by atomic mass is 10.1. The lowest BCUT2D eigenvalue weighted by Gasteiger charge is -2.09. The van der Waals surface area contributed by atoms with Crippen LogP contribution in [0.2, 0.25) is 5.02 Å². The molecule has 14 heavy (non-hydrogen) atoms. The molecule has 1 aliphatic carbocycles. The molecule has 2 aliphatic rings. The third kappa shape index (κ3) is 1.25. The van der Waals surface area contributed by atoms with Crippen molar-refractivity contribution in [2.75, 3.05) is 18.5 Å². The monoisotopic (exact) mass is 209 g/mol. The normalized spacial score (nSPS) is 21.8. The highest BCUT2D eigenvalue weighted by atomic mass is 35.5. The Morgan fingerprint density at radius 1 is 1.36 bits per heavy atom. The first-order valence-corrected chi connectivity index (χ1v) is 5.32. The van der Waals surface area contributed by atoms with Crippen LogP contribution >= 0.6 is 11.6 Å². The first kappa shape index (κ1) is 8.42. The molecule has 0 saturated heterocycles. The van der Waals surface area contributed by atoms with Crippen molar-refractivity contribution in [1.29, 1.82) is 0 Å². The predicted molar refractivity (Wildman–Crippen MR) is 57.1 cm³/mol. The van der Waals surface area contributed by atoms with Crippen LogP contribution in [0.1, 0.15) is 12.8 Å². The first-order chi connectivity index (χ1) is 6.79. The molecule has 3 rings (SSSR count). The maximum atomic E-state index is 6.09. The Morgan fingerprint density at radius 3 is 3.00 bits per heavy atom. The molecule has 0 radical (unpaired) electrons. The van der Waals surface area contributed by atoms with Crippen molar-refractivity contribution < 1.29 is 4.74 Å². The van der Waals surface area contributed by atoms with Crippen LogP contribution in [0.15, 0.2) is 18.2 Å². The zero-order valence-corrected chi connectivity index (χ0v) is 8.60. The molecule has 0 bridgehead atoms. The third-order valence-electron chi connectivity index (χ3n) is 3.11. The average molecular weight is 210 g/mol. The van der Waals surface area contributed by atoms with Crippen molar-refractivity contribution in [1.82, 2.24) is 0 Å². The summed E-state index contributed by atoms with van der Waals surface area (Å²) >= 11 is 6.09. The third-order valence-corrected chi connectivity index (χ3v) is 3.42. The molecular weight excluding hydrogens is 198 g/mol. The number of benzene rings is 1. The summed E-state index contributed by atoms with van der Waals surface area (Å²) in [6, 6.07) is 5.78. The molecule has 0 aromatic heterocycles. The van der Waals surface area contributed by atoms with Gasteiger partial charge in [0.05, 0.1) is 17.3 Å². The predicted octanol–water partition coefficient (Wildman–Crippen LogP) is 2.92. The smallest absolute Gasteiger partial charge is 0.143 e. The average Bonchev–Trinajstić information content (AvgIpc) is 2.96. The van der Waals surface area contributed by atoms with Crippen LogP contribution in [0.5, 0.6) is 5.75 Å². The second-order valence-corrected chi connectivity index (χ2v) is 4.66. The molecule has 2 nitrogen and oxygen atoms in total. The van der Waals surface area contributed by atoms with Crippen LogP contribution in [0, 0.1) is 5.41 Å². The highest BCUT2D eigenvalue weighted by molar-refractivity contribution is 6.33. The summed E-state index contributed by atoms with van der Waals surface area (Å²) in [6.07, 6.45) is 2.54. The number of hydrogen-bond acceptors (Lipinski definition) is 2. The van der Waals surface area contributed by atoms with E-state index in [1.807, 2.05) is 18.2 Å². The zero-order valence-electron chi connectivity index (χ0n) is 7.85. The molecule has 3 heteroatoms. The van der Waals surface area contributed by atoms with Crippen LogP contribution in [0.4, 0.5) is 5.69 Å². The fourth-order valence-corrected chi connectivity index (χ4v) is 2.08. The summed E-state index contributed by atoms with van der Waals surface area (Å²) in [6.45, 7) is 1.82. The van der Waals surface area contributed by atoms with E-state index in [9.17, 15) is 0 Å². The van der Waals surface area contributed by atoms with Gasteiger partial charge in [0.1, 0.15) is 5.75 Å². The Morgan fingerprint density at radius 2 is 2.21 bits per heavy atom. The molecule has 1 spiro atoms. The van der Waals surface area contributed by atoms with Crippen molar-refractivity contribution in [3.8, 4) is 5.75 Å². The number of para-hydroxylation sites is 1. The van der Waals surface area contributed by atoms with Gasteiger partial charge in [-0.1, -0.05) is 17.7 Å². The van der Waals surface area contributed by atoms with Gasteiger partial charge in [0.2, 0.25) is 0 Å². The van der Waals surface area contributed by atoms with Crippen LogP contribution in [0.25, 0.3) is 0 Å². The quantitative estimate of drug-likeness (QED) is 0.710. The number of rotatable bonds is 0. The topological polar surface area (TPSA) is 21.3 Å². The Bertz CT molecular complexity index is 374. The highest BCUT2D eigenvalue weighted by Crippen LogP contribution is 2.49. The largest absolute Gasteiger partial charge is 0.491 e. The summed E-state index contributed by atoms with van der Waals surface area (Å²) in [5, 5.41) is 4.14. The van der Waals surface area contributed by atoms with E-state index in [1.165, 1.54) is 12.8 Å². The molecule has 1 aliphatic heterocycles. The molecule has 0 unspecified atom stereocenters. The van der Waals surface area contributed by atoms with E-state index in [-0.39, 0.29) is 0 Å². The van der Waals surface area contributed by atoms with Gasteiger partial charge >= 0.3 is 0 Å². The van der Waals surface area contributed by atoms with Crippen molar-refractivity contribution in [3.05, 3.63) is 23.2 Å². The molecule has 0 amide bonds. The molecule has 1 aromatic rings. The van der Waals surface area contributed by atoms with Crippen molar-refractivity contribution in [3.63, 3.8) is 0 Å². The van der Waals surface area contributed by atoms with Gasteiger partial charge in [-0.15, -0.1) is 0 Å². The van der Waals surface area contributed by atoms with Gasteiger partial charge in [0, 0.05) is 12.0 Å². The van der Waals surface area contributed by atoms with Crippen molar-refractivity contribution in [2.24, 2.45) is 5.41 Å². The van der Waals surface area contributed by atoms with Gasteiger partial charge in [-0.05, 0) is 25.0 Å². The van der Waals surface area contributed by atoms with Crippen LogP contribution in [-0.4, -0.2) is 13.2 Å². The number of ether oxygens (including phenoxy) is 1. The summed E-state index contributed by atoms with van der Waals surface area (Å²) < 4.78 is 5.76. The van der Waals surface area contributed by atoms with E-state index in [1.54, 1.807) is 0 Å². The van der Waals surface area contributed by atoms with E-state index in [0.29, 0.717) is 5.41 Å². The second-order valence-electron chi connectivity index (χ2n) is 4.26. The van der Waals surface area contributed by atoms with Crippen LogP contribution < -0.4 is 10.1 Å². The molecule has 1 fully saturated rings. The second kappa shape index (κ2) is 2.80. The number of fused-ring (bicyclic) bond motifs is 1. The van der Waals surface area contributed by atoms with Gasteiger partial charge < -0.3 is 10.1 Å². The number of anilines is 1. The summed E-state index contributed by atoms with van der Waals surface area (Å²) in [4.78, 5) is 0. The molecule has 1 N–H and O–H groups in total. The van der Waals surface area contributed by atoms with Gasteiger partial charge in [-0.25, -0.2) is 0 Å². The molecule has 74 valence electrons. The van der Waals surface area contributed by atoms with E-state index >= 15 is 0 Å². The number of halogens is 1. The molecule has 1 aromatic carbocycles. The van der Waals surface area contributed by atoms with E-state index in [2.05, 4.69) is 5.32 Å². The van der Waals surface area contributed by atoms with Gasteiger partial charge in [0.25, 0.3) is 0 Å². The Labute approximate surface area is 88.2 Å². The highest BCUT2D eigenvalue weighted by Gasteiger charge is 2.44. The fraction of sp³-hybridized carbons (Fsp3) is 0.455. The minimum atomic E-state index is 0.391. The zero-order chi connectivity index (χ0) is 9.60. The minimum Gasteiger partial charge on any atom is -0.491 e. The Balaban J connectivity index is 1.96. The fourth-order valence-electron chi connectivity index (χ4n) is 1.85. The molecule has 1 saturated carbocycles. The Kier molecular flexibility index (Phi) is 1.68. The van der Waals surface area contributed by atoms with E-state index < -0.39 is 0 Å². The molecule has 1 heterocycles. The summed E-state index contributed by atoms with van der Waals surface area (Å²) in [5.41, 5.74) is 1.35. The first-order valence-electron chi connectivity index (χ1n) is 4.94. The Hall–Kier alpha value is -0.890. The van der Waals surface area contributed by atoms with Crippen molar-refractivity contribution in [2.45, 2.75) is 12.8 Å². The standard InChI is InChI=1S/C11H12ClNO/c12-8-2-1-3-9-10(8)13-6-11(4-5-11)7-14-9/h1-3,13H,4-7H2. The van der Waals surface area contributed by atoms with Crippen molar-refractivity contribution >= 4 is 17.3 Å². The minimum absolute atomic E-state index is 0.391. The lowest BCUT2D eigenvalue weighted by Crippen LogP contribution is -2.18. The summed E-state index contributed by atoms with van der Waals surface area (Å²) in [7, 11) is 0. The van der Waals surface area contributed by atoms with Gasteiger partial charge in [-0.2, -0.15) is 0 Å². The lowest BCUT2D eigenvalue weighted by molar-refractivity contribution is 0.251.